The van der Waals surface area contributed by atoms with E-state index in [1.54, 1.807) is 0 Å². The Bertz CT molecular complexity index is 487. The molecule has 0 amide bonds. The van der Waals surface area contributed by atoms with E-state index in [9.17, 15) is 5.26 Å². The van der Waals surface area contributed by atoms with E-state index in [4.69, 9.17) is 4.74 Å². The summed E-state index contributed by atoms with van der Waals surface area (Å²) in [5, 5.41) is 9.29. The van der Waals surface area contributed by atoms with Gasteiger partial charge in [0, 0.05) is 0 Å². The van der Waals surface area contributed by atoms with Crippen molar-refractivity contribution in [3.63, 3.8) is 0 Å². The van der Waals surface area contributed by atoms with Gasteiger partial charge in [0.05, 0.1) is 19.3 Å². The monoisotopic (exact) mass is 243 g/mol. The highest BCUT2D eigenvalue weighted by Crippen LogP contribution is 2.33. The first-order chi connectivity index (χ1) is 8.36. The number of nitrogens with zero attached hydrogens (tertiary/aromatic N) is 1. The lowest BCUT2D eigenvalue weighted by molar-refractivity contribution is -0.0766. The van der Waals surface area contributed by atoms with Crippen LogP contribution in [0.5, 0.6) is 0 Å². The molecule has 0 bridgehead atoms. The molecule has 2 rings (SSSR count). The maximum absolute atomic E-state index is 9.29. The van der Waals surface area contributed by atoms with Gasteiger partial charge in [0.2, 0.25) is 0 Å². The van der Waals surface area contributed by atoms with Crippen molar-refractivity contribution in [2.75, 3.05) is 13.2 Å². The third kappa shape index (κ3) is 2.42. The number of hydrogen-bond acceptors (Lipinski definition) is 2. The van der Waals surface area contributed by atoms with Gasteiger partial charge in [0.15, 0.2) is 0 Å². The number of hydrogen-bond donors (Lipinski definition) is 0. The van der Waals surface area contributed by atoms with Crippen LogP contribution in [0.1, 0.15) is 37.5 Å². The van der Waals surface area contributed by atoms with Crippen molar-refractivity contribution in [2.24, 2.45) is 5.41 Å². The van der Waals surface area contributed by atoms with E-state index >= 15 is 0 Å². The quantitative estimate of drug-likeness (QED) is 0.797. The van der Waals surface area contributed by atoms with E-state index in [1.807, 2.05) is 0 Å². The minimum absolute atomic E-state index is 0.151. The van der Waals surface area contributed by atoms with Crippen molar-refractivity contribution >= 4 is 0 Å². The average Bonchev–Trinajstić information content (AvgIpc) is 2.24. The lowest BCUT2D eigenvalue weighted by atomic mass is 9.78. The molecule has 0 aromatic heterocycles. The fourth-order valence-electron chi connectivity index (χ4n) is 2.25. The Morgan fingerprint density at radius 1 is 1.33 bits per heavy atom. The summed E-state index contributed by atoms with van der Waals surface area (Å²) in [6, 6.07) is 9.04. The van der Waals surface area contributed by atoms with Crippen LogP contribution in [0.25, 0.3) is 0 Å². The predicted octanol–water partition coefficient (Wildman–Crippen LogP) is 3.38. The SMILES string of the molecule is Cc1ccc(C(C)(C)C)cc1CC1(C#N)COC1. The highest BCUT2D eigenvalue weighted by atomic mass is 16.5. The summed E-state index contributed by atoms with van der Waals surface area (Å²) < 4.78 is 5.22. The smallest absolute Gasteiger partial charge is 0.108 e. The lowest BCUT2D eigenvalue weighted by Gasteiger charge is -2.35. The first-order valence-electron chi connectivity index (χ1n) is 6.45. The van der Waals surface area contributed by atoms with Crippen LogP contribution in [-0.4, -0.2) is 13.2 Å². The molecule has 0 radical (unpaired) electrons. The molecule has 2 nitrogen and oxygen atoms in total. The third-order valence-electron chi connectivity index (χ3n) is 3.74. The van der Waals surface area contributed by atoms with Gasteiger partial charge in [-0.05, 0) is 35.4 Å². The predicted molar refractivity (Wildman–Crippen MR) is 72.4 cm³/mol. The second kappa shape index (κ2) is 4.40. The van der Waals surface area contributed by atoms with E-state index in [0.717, 1.165) is 6.42 Å². The molecule has 0 N–H and O–H groups in total. The molecule has 0 saturated carbocycles. The summed E-state index contributed by atoms with van der Waals surface area (Å²) in [6.45, 7) is 9.91. The van der Waals surface area contributed by atoms with Crippen LogP contribution in [0.3, 0.4) is 0 Å². The molecule has 1 saturated heterocycles. The van der Waals surface area contributed by atoms with E-state index in [2.05, 4.69) is 52.0 Å². The van der Waals surface area contributed by atoms with Gasteiger partial charge in [-0.15, -0.1) is 0 Å². The molecule has 0 unspecified atom stereocenters. The zero-order chi connectivity index (χ0) is 13.4. The van der Waals surface area contributed by atoms with Gasteiger partial charge >= 0.3 is 0 Å². The van der Waals surface area contributed by atoms with E-state index in [1.165, 1.54) is 16.7 Å². The van der Waals surface area contributed by atoms with Crippen LogP contribution in [-0.2, 0) is 16.6 Å². The molecular formula is C16H21NO. The second-order valence-electron chi connectivity index (χ2n) is 6.45. The molecule has 2 heteroatoms. The van der Waals surface area contributed by atoms with Crippen LogP contribution >= 0.6 is 0 Å². The second-order valence-corrected chi connectivity index (χ2v) is 6.45. The highest BCUT2D eigenvalue weighted by Gasteiger charge is 2.39. The Hall–Kier alpha value is -1.33. The molecular weight excluding hydrogens is 222 g/mol. The Morgan fingerprint density at radius 3 is 2.44 bits per heavy atom. The molecule has 96 valence electrons. The van der Waals surface area contributed by atoms with Crippen LogP contribution in [0.15, 0.2) is 18.2 Å². The molecule has 1 aliphatic rings. The maximum atomic E-state index is 9.29. The molecule has 18 heavy (non-hydrogen) atoms. The highest BCUT2D eigenvalue weighted by molar-refractivity contribution is 5.36. The summed E-state index contributed by atoms with van der Waals surface area (Å²) in [4.78, 5) is 0. The number of ether oxygens (including phenoxy) is 1. The Morgan fingerprint density at radius 2 is 2.00 bits per heavy atom. The summed E-state index contributed by atoms with van der Waals surface area (Å²) in [6.07, 6.45) is 0.805. The number of aryl methyl sites for hydroxylation is 1. The Balaban J connectivity index is 2.30. The van der Waals surface area contributed by atoms with Gasteiger partial charge in [-0.2, -0.15) is 5.26 Å². The van der Waals surface area contributed by atoms with Crippen molar-refractivity contribution in [3.8, 4) is 6.07 Å². The van der Waals surface area contributed by atoms with Crippen molar-refractivity contribution in [1.82, 2.24) is 0 Å². The summed E-state index contributed by atoms with van der Waals surface area (Å²) in [5.74, 6) is 0. The summed E-state index contributed by atoms with van der Waals surface area (Å²) in [7, 11) is 0. The minimum atomic E-state index is -0.290. The molecule has 1 aliphatic heterocycles. The van der Waals surface area contributed by atoms with Crippen molar-refractivity contribution in [3.05, 3.63) is 34.9 Å². The number of rotatable bonds is 2. The zero-order valence-electron chi connectivity index (χ0n) is 11.7. The fraction of sp³-hybridized carbons (Fsp3) is 0.562. The molecule has 1 aromatic rings. The standard InChI is InChI=1S/C16H21NO/c1-12-5-6-14(15(2,3)4)7-13(12)8-16(9-17)10-18-11-16/h5-7H,8,10-11H2,1-4H3. The Kier molecular flexibility index (Phi) is 3.21. The fourth-order valence-corrected chi connectivity index (χ4v) is 2.25. The van der Waals surface area contributed by atoms with E-state index in [0.29, 0.717) is 13.2 Å². The lowest BCUT2D eigenvalue weighted by Crippen LogP contribution is -2.43. The molecule has 0 atom stereocenters. The molecule has 1 heterocycles. The van der Waals surface area contributed by atoms with Crippen molar-refractivity contribution in [1.29, 1.82) is 5.26 Å². The van der Waals surface area contributed by atoms with Gasteiger partial charge in [-0.25, -0.2) is 0 Å². The van der Waals surface area contributed by atoms with Gasteiger partial charge < -0.3 is 4.74 Å². The van der Waals surface area contributed by atoms with Crippen molar-refractivity contribution < 1.29 is 4.74 Å². The van der Waals surface area contributed by atoms with Crippen molar-refractivity contribution in [2.45, 2.75) is 39.5 Å². The van der Waals surface area contributed by atoms with Gasteiger partial charge in [0.1, 0.15) is 5.41 Å². The molecule has 1 aromatic carbocycles. The summed E-state index contributed by atoms with van der Waals surface area (Å²) >= 11 is 0. The normalized spacial score (nSPS) is 17.9. The maximum Gasteiger partial charge on any atom is 0.108 e. The topological polar surface area (TPSA) is 33.0 Å². The average molecular weight is 243 g/mol. The van der Waals surface area contributed by atoms with Crippen LogP contribution in [0, 0.1) is 23.7 Å². The van der Waals surface area contributed by atoms with E-state index < -0.39 is 0 Å². The third-order valence-corrected chi connectivity index (χ3v) is 3.74. The largest absolute Gasteiger partial charge is 0.378 e. The van der Waals surface area contributed by atoms with Crippen LogP contribution < -0.4 is 0 Å². The van der Waals surface area contributed by atoms with Crippen LogP contribution in [0.2, 0.25) is 0 Å². The first-order valence-corrected chi connectivity index (χ1v) is 6.45. The molecule has 0 aliphatic carbocycles. The summed E-state index contributed by atoms with van der Waals surface area (Å²) in [5.41, 5.74) is 3.74. The molecule has 1 fully saturated rings. The van der Waals surface area contributed by atoms with E-state index in [-0.39, 0.29) is 10.8 Å². The van der Waals surface area contributed by atoms with Crippen LogP contribution in [0.4, 0.5) is 0 Å². The first kappa shape index (κ1) is 13.1. The molecule has 0 spiro atoms. The number of nitriles is 1. The minimum Gasteiger partial charge on any atom is -0.378 e. The Labute approximate surface area is 110 Å². The van der Waals surface area contributed by atoms with Gasteiger partial charge in [-0.1, -0.05) is 39.0 Å². The van der Waals surface area contributed by atoms with Gasteiger partial charge in [0.25, 0.3) is 0 Å². The van der Waals surface area contributed by atoms with Gasteiger partial charge in [-0.3, -0.25) is 0 Å². The number of benzene rings is 1. The zero-order valence-corrected chi connectivity index (χ0v) is 11.7.